The van der Waals surface area contributed by atoms with Crippen molar-refractivity contribution in [3.8, 4) is 5.75 Å². The molecular weight excluding hydrogens is 292 g/mol. The van der Waals surface area contributed by atoms with Crippen LogP contribution >= 0.6 is 0 Å². The van der Waals surface area contributed by atoms with Crippen LogP contribution in [0.5, 0.6) is 5.75 Å². The van der Waals surface area contributed by atoms with E-state index >= 15 is 0 Å². The number of hydrogen-bond acceptors (Lipinski definition) is 4. The highest BCUT2D eigenvalue weighted by molar-refractivity contribution is 5.80. The molecule has 1 aromatic carbocycles. The largest absolute Gasteiger partial charge is 0.487 e. The molecule has 0 spiro atoms. The molecule has 0 bridgehead atoms. The van der Waals surface area contributed by atoms with Crippen LogP contribution in [-0.2, 0) is 11.8 Å². The van der Waals surface area contributed by atoms with E-state index in [1.54, 1.807) is 26.0 Å². The Morgan fingerprint density at radius 1 is 1.26 bits per heavy atom. The zero-order valence-corrected chi connectivity index (χ0v) is 14.0. The fourth-order valence-electron chi connectivity index (χ4n) is 2.81. The number of benzene rings is 1. The van der Waals surface area contributed by atoms with Gasteiger partial charge < -0.3 is 14.3 Å². The Hall–Kier alpha value is -2.07. The van der Waals surface area contributed by atoms with E-state index in [0.717, 1.165) is 10.9 Å². The Kier molecular flexibility index (Phi) is 3.41. The molecule has 0 amide bonds. The molecule has 0 radical (unpaired) electrons. The number of hydrogen-bond donors (Lipinski definition) is 1. The lowest BCUT2D eigenvalue weighted by Gasteiger charge is -2.24. The van der Waals surface area contributed by atoms with Gasteiger partial charge in [0.2, 0.25) is 0 Å². The Labute approximate surface area is 135 Å². The monoisotopic (exact) mass is 314 g/mol. The number of aliphatic hydroxyl groups is 1. The van der Waals surface area contributed by atoms with E-state index < -0.39 is 11.0 Å². The Morgan fingerprint density at radius 3 is 2.57 bits per heavy atom. The Balaban J connectivity index is 2.13. The average molecular weight is 314 g/mol. The lowest BCUT2D eigenvalue weighted by Crippen LogP contribution is -2.39. The molecule has 1 aliphatic rings. The van der Waals surface area contributed by atoms with Gasteiger partial charge in [-0.15, -0.1) is 6.58 Å². The van der Waals surface area contributed by atoms with E-state index in [9.17, 15) is 9.90 Å². The van der Waals surface area contributed by atoms with Crippen molar-refractivity contribution in [1.29, 1.82) is 0 Å². The van der Waals surface area contributed by atoms with Crippen LogP contribution in [0.15, 0.2) is 40.1 Å². The summed E-state index contributed by atoms with van der Waals surface area (Å²) in [6.45, 7) is 11.1. The summed E-state index contributed by atoms with van der Waals surface area (Å²) in [5.74, 6) is 0.670. The van der Waals surface area contributed by atoms with Crippen LogP contribution < -0.4 is 10.4 Å². The van der Waals surface area contributed by atoms with E-state index in [2.05, 4.69) is 6.58 Å². The second kappa shape index (κ2) is 4.96. The first-order chi connectivity index (χ1) is 10.6. The molecule has 23 heavy (non-hydrogen) atoms. The van der Waals surface area contributed by atoms with Crippen LogP contribution in [0, 0.1) is 0 Å². The van der Waals surface area contributed by atoms with Crippen molar-refractivity contribution in [1.82, 2.24) is 0 Å². The van der Waals surface area contributed by atoms with Gasteiger partial charge in [0, 0.05) is 28.9 Å². The lowest BCUT2D eigenvalue weighted by molar-refractivity contribution is -0.0229. The van der Waals surface area contributed by atoms with Gasteiger partial charge in [-0.05, 0) is 31.5 Å². The molecule has 0 unspecified atom stereocenters. The summed E-state index contributed by atoms with van der Waals surface area (Å²) >= 11 is 0. The highest BCUT2D eigenvalue weighted by Crippen LogP contribution is 2.36. The highest BCUT2D eigenvalue weighted by Gasteiger charge is 2.35. The van der Waals surface area contributed by atoms with E-state index in [-0.39, 0.29) is 11.7 Å². The predicted octanol–water partition coefficient (Wildman–Crippen LogP) is 3.33. The zero-order valence-electron chi connectivity index (χ0n) is 14.0. The van der Waals surface area contributed by atoms with Crippen LogP contribution in [0.25, 0.3) is 11.0 Å². The van der Waals surface area contributed by atoms with Gasteiger partial charge in [-0.3, -0.25) is 0 Å². The SMILES string of the molecule is C=CC(C)(C)c1cc2cc3c(cc2oc1=O)O[C@H](C(C)(C)O)C3. The van der Waals surface area contributed by atoms with E-state index in [1.165, 1.54) is 0 Å². The summed E-state index contributed by atoms with van der Waals surface area (Å²) in [5.41, 5.74) is 0.342. The van der Waals surface area contributed by atoms with Gasteiger partial charge in [0.05, 0.1) is 5.60 Å². The Morgan fingerprint density at radius 2 is 1.96 bits per heavy atom. The fourth-order valence-corrected chi connectivity index (χ4v) is 2.81. The molecule has 0 fully saturated rings. The summed E-state index contributed by atoms with van der Waals surface area (Å²) in [7, 11) is 0. The Bertz CT molecular complexity index is 837. The molecule has 0 aliphatic carbocycles. The highest BCUT2D eigenvalue weighted by atomic mass is 16.5. The summed E-state index contributed by atoms with van der Waals surface area (Å²) in [4.78, 5) is 12.3. The predicted molar refractivity (Wildman–Crippen MR) is 90.1 cm³/mol. The lowest BCUT2D eigenvalue weighted by atomic mass is 9.85. The average Bonchev–Trinajstić information content (AvgIpc) is 2.87. The molecule has 2 heterocycles. The maximum atomic E-state index is 12.3. The third-order valence-electron chi connectivity index (χ3n) is 4.58. The molecule has 1 aromatic heterocycles. The topological polar surface area (TPSA) is 59.7 Å². The van der Waals surface area contributed by atoms with Crippen molar-refractivity contribution in [2.24, 2.45) is 0 Å². The normalized spacial score (nSPS) is 17.9. The first-order valence-corrected chi connectivity index (χ1v) is 7.76. The minimum absolute atomic E-state index is 0.301. The molecule has 4 heteroatoms. The molecule has 1 N–H and O–H groups in total. The first kappa shape index (κ1) is 15.8. The molecule has 0 saturated heterocycles. The standard InChI is InChI=1S/C19H22O4/c1-6-18(2,3)13-8-11-7-12-9-16(19(4,5)21)22-14(12)10-15(11)23-17(13)20/h6-8,10,16,21H,1,9H2,2-5H3/t16-/m0/s1. The third-order valence-corrected chi connectivity index (χ3v) is 4.58. The minimum Gasteiger partial charge on any atom is -0.487 e. The summed E-state index contributed by atoms with van der Waals surface area (Å²) in [6, 6.07) is 5.57. The fraction of sp³-hybridized carbons (Fsp3) is 0.421. The number of allylic oxidation sites excluding steroid dienone is 1. The third kappa shape index (κ3) is 2.68. The molecule has 122 valence electrons. The maximum Gasteiger partial charge on any atom is 0.340 e. The first-order valence-electron chi connectivity index (χ1n) is 7.76. The maximum absolute atomic E-state index is 12.3. The molecular formula is C19H22O4. The summed E-state index contributed by atoms with van der Waals surface area (Å²) in [6.07, 6.45) is 2.07. The van der Waals surface area contributed by atoms with E-state index in [1.807, 2.05) is 26.0 Å². The smallest absolute Gasteiger partial charge is 0.340 e. The van der Waals surface area contributed by atoms with Gasteiger partial charge >= 0.3 is 5.63 Å². The van der Waals surface area contributed by atoms with Gasteiger partial charge in [-0.2, -0.15) is 0 Å². The number of fused-ring (bicyclic) bond motifs is 2. The number of ether oxygens (including phenoxy) is 1. The number of rotatable bonds is 3. The molecule has 4 nitrogen and oxygen atoms in total. The van der Waals surface area contributed by atoms with Crippen molar-refractivity contribution in [3.63, 3.8) is 0 Å². The van der Waals surface area contributed by atoms with Crippen molar-refractivity contribution >= 4 is 11.0 Å². The van der Waals surface area contributed by atoms with Crippen LogP contribution in [0.4, 0.5) is 0 Å². The second-order valence-electron chi connectivity index (χ2n) is 7.34. The van der Waals surface area contributed by atoms with Crippen molar-refractivity contribution in [2.45, 2.75) is 51.2 Å². The van der Waals surface area contributed by atoms with Gasteiger partial charge in [0.15, 0.2) is 0 Å². The molecule has 1 atom stereocenters. The summed E-state index contributed by atoms with van der Waals surface area (Å²) < 4.78 is 11.3. The van der Waals surface area contributed by atoms with Crippen LogP contribution in [0.2, 0.25) is 0 Å². The zero-order chi connectivity index (χ0) is 17.0. The van der Waals surface area contributed by atoms with Crippen molar-refractivity contribution < 1.29 is 14.3 Å². The van der Waals surface area contributed by atoms with Gasteiger partial charge in [0.25, 0.3) is 0 Å². The van der Waals surface area contributed by atoms with Crippen LogP contribution in [0.1, 0.15) is 38.8 Å². The van der Waals surface area contributed by atoms with Gasteiger partial charge in [-0.25, -0.2) is 4.79 Å². The van der Waals surface area contributed by atoms with E-state index in [4.69, 9.17) is 9.15 Å². The minimum atomic E-state index is -0.929. The van der Waals surface area contributed by atoms with Crippen LogP contribution in [-0.4, -0.2) is 16.8 Å². The van der Waals surface area contributed by atoms with E-state index in [0.29, 0.717) is 23.3 Å². The second-order valence-corrected chi connectivity index (χ2v) is 7.34. The van der Waals surface area contributed by atoms with Crippen molar-refractivity contribution in [3.05, 3.63) is 52.4 Å². The van der Waals surface area contributed by atoms with Gasteiger partial charge in [-0.1, -0.05) is 19.9 Å². The molecule has 0 saturated carbocycles. The van der Waals surface area contributed by atoms with Crippen molar-refractivity contribution in [2.75, 3.05) is 0 Å². The summed E-state index contributed by atoms with van der Waals surface area (Å²) in [5, 5.41) is 11.0. The molecule has 3 rings (SSSR count). The van der Waals surface area contributed by atoms with Crippen LogP contribution in [0.3, 0.4) is 0 Å². The quantitative estimate of drug-likeness (QED) is 0.697. The molecule has 2 aromatic rings. The van der Waals surface area contributed by atoms with Gasteiger partial charge in [0.1, 0.15) is 17.4 Å². The molecule has 1 aliphatic heterocycles.